The van der Waals surface area contributed by atoms with E-state index < -0.39 is 0 Å². The summed E-state index contributed by atoms with van der Waals surface area (Å²) in [6.45, 7) is 3.90. The van der Waals surface area contributed by atoms with Crippen LogP contribution in [0.2, 0.25) is 0 Å². The summed E-state index contributed by atoms with van der Waals surface area (Å²) >= 11 is 1.46. The topological polar surface area (TPSA) is 82.0 Å². The first-order valence-electron chi connectivity index (χ1n) is 11.0. The average Bonchev–Trinajstić information content (AvgIpc) is 3.39. The number of hydrogen-bond donors (Lipinski definition) is 1. The van der Waals surface area contributed by atoms with Crippen LogP contribution in [0.5, 0.6) is 11.5 Å². The van der Waals surface area contributed by atoms with Gasteiger partial charge in [-0.2, -0.15) is 0 Å². The Morgan fingerprint density at radius 3 is 2.50 bits per heavy atom. The third kappa shape index (κ3) is 4.55. The molecule has 1 N–H and O–H groups in total. The Balaban J connectivity index is 1.65. The number of methoxy groups -OCH3 is 2. The lowest BCUT2D eigenvalue weighted by Gasteiger charge is -2.25. The highest BCUT2D eigenvalue weighted by Crippen LogP contribution is 2.38. The summed E-state index contributed by atoms with van der Waals surface area (Å²) in [5.41, 5.74) is 3.58. The molecule has 1 saturated carbocycles. The molecule has 0 saturated heterocycles. The van der Waals surface area contributed by atoms with E-state index in [4.69, 9.17) is 9.47 Å². The molecule has 0 bridgehead atoms. The average molecular weight is 455 g/mol. The Kier molecular flexibility index (Phi) is 6.89. The van der Waals surface area contributed by atoms with Crippen molar-refractivity contribution in [1.82, 2.24) is 19.7 Å². The molecular weight excluding hydrogens is 424 g/mol. The molecule has 1 aliphatic carbocycles. The van der Waals surface area contributed by atoms with E-state index in [-0.39, 0.29) is 5.78 Å². The van der Waals surface area contributed by atoms with Crippen LogP contribution in [0.3, 0.4) is 0 Å². The van der Waals surface area contributed by atoms with Gasteiger partial charge in [0.15, 0.2) is 28.3 Å². The lowest BCUT2D eigenvalue weighted by molar-refractivity contribution is 0.102. The molecule has 0 amide bonds. The number of aryl methyl sites for hydroxylation is 2. The van der Waals surface area contributed by atoms with E-state index in [2.05, 4.69) is 19.7 Å². The van der Waals surface area contributed by atoms with Crippen molar-refractivity contribution < 1.29 is 14.3 Å². The van der Waals surface area contributed by atoms with Crippen LogP contribution in [0.25, 0.3) is 11.4 Å². The number of H-pyrrole nitrogens is 1. The molecule has 2 heterocycles. The summed E-state index contributed by atoms with van der Waals surface area (Å²) in [4.78, 5) is 16.1. The van der Waals surface area contributed by atoms with Crippen molar-refractivity contribution in [3.8, 4) is 22.9 Å². The normalized spacial score (nSPS) is 14.5. The Labute approximate surface area is 192 Å². The van der Waals surface area contributed by atoms with Crippen LogP contribution in [0, 0.1) is 13.8 Å². The zero-order valence-corrected chi connectivity index (χ0v) is 19.9. The number of ether oxygens (including phenoxy) is 2. The highest BCUT2D eigenvalue weighted by molar-refractivity contribution is 7.99. The number of nitrogens with zero attached hydrogens (tertiary/aromatic N) is 3. The number of aromatic amines is 1. The van der Waals surface area contributed by atoms with E-state index in [0.717, 1.165) is 46.3 Å². The van der Waals surface area contributed by atoms with E-state index in [1.807, 2.05) is 38.1 Å². The summed E-state index contributed by atoms with van der Waals surface area (Å²) in [6.07, 6.45) is 5.83. The molecule has 1 aliphatic rings. The Bertz CT molecular complexity index is 1100. The van der Waals surface area contributed by atoms with Gasteiger partial charge in [0.2, 0.25) is 0 Å². The molecule has 0 radical (unpaired) electrons. The van der Waals surface area contributed by atoms with Gasteiger partial charge in [-0.1, -0.05) is 31.0 Å². The van der Waals surface area contributed by atoms with Gasteiger partial charge in [-0.05, 0) is 51.0 Å². The molecule has 2 aromatic heterocycles. The fraction of sp³-hybridized carbons (Fsp3) is 0.458. The zero-order chi connectivity index (χ0) is 22.7. The molecule has 0 unspecified atom stereocenters. The molecule has 7 nitrogen and oxygen atoms in total. The monoisotopic (exact) mass is 454 g/mol. The highest BCUT2D eigenvalue weighted by atomic mass is 32.2. The third-order valence-electron chi connectivity index (χ3n) is 6.03. The predicted octanol–water partition coefficient (Wildman–Crippen LogP) is 5.39. The minimum Gasteiger partial charge on any atom is -0.493 e. The first-order chi connectivity index (χ1) is 15.5. The maximum Gasteiger partial charge on any atom is 0.192 e. The number of thioether (sulfide) groups is 1. The van der Waals surface area contributed by atoms with Gasteiger partial charge < -0.3 is 14.5 Å². The molecule has 1 fully saturated rings. The van der Waals surface area contributed by atoms with E-state index in [0.29, 0.717) is 23.3 Å². The summed E-state index contributed by atoms with van der Waals surface area (Å²) < 4.78 is 13.1. The lowest BCUT2D eigenvalue weighted by atomic mass is 9.95. The molecule has 3 aromatic rings. The number of carbonyl (C=O) groups is 1. The summed E-state index contributed by atoms with van der Waals surface area (Å²) in [7, 11) is 3.26. The van der Waals surface area contributed by atoms with E-state index >= 15 is 0 Å². The third-order valence-corrected chi connectivity index (χ3v) is 6.97. The van der Waals surface area contributed by atoms with E-state index in [1.165, 1.54) is 31.0 Å². The van der Waals surface area contributed by atoms with E-state index in [1.54, 1.807) is 14.2 Å². The fourth-order valence-corrected chi connectivity index (χ4v) is 5.33. The number of nitrogens with one attached hydrogen (secondary N) is 1. The number of rotatable bonds is 8. The molecule has 0 atom stereocenters. The van der Waals surface area contributed by atoms with Gasteiger partial charge in [0, 0.05) is 28.6 Å². The quantitative estimate of drug-likeness (QED) is 0.363. The first kappa shape index (κ1) is 22.5. The van der Waals surface area contributed by atoms with Gasteiger partial charge in [0.05, 0.1) is 20.0 Å². The lowest BCUT2D eigenvalue weighted by Crippen LogP contribution is -2.15. The van der Waals surface area contributed by atoms with Crippen molar-refractivity contribution in [3.05, 3.63) is 41.2 Å². The summed E-state index contributed by atoms with van der Waals surface area (Å²) in [5, 5.41) is 9.84. The summed E-state index contributed by atoms with van der Waals surface area (Å²) in [6, 6.07) is 8.06. The van der Waals surface area contributed by atoms with E-state index in [9.17, 15) is 4.79 Å². The fourth-order valence-electron chi connectivity index (χ4n) is 4.44. The first-order valence-corrected chi connectivity index (χ1v) is 12.0. The molecule has 170 valence electrons. The predicted molar refractivity (Wildman–Crippen MR) is 126 cm³/mol. The number of carbonyl (C=O) groups excluding carboxylic acids is 1. The molecule has 32 heavy (non-hydrogen) atoms. The molecular formula is C24H30N4O3S. The largest absolute Gasteiger partial charge is 0.493 e. The van der Waals surface area contributed by atoms with Gasteiger partial charge >= 0.3 is 0 Å². The zero-order valence-electron chi connectivity index (χ0n) is 19.1. The number of ketones is 1. The van der Waals surface area contributed by atoms with Crippen molar-refractivity contribution in [2.24, 2.45) is 0 Å². The summed E-state index contributed by atoms with van der Waals surface area (Å²) in [5.74, 6) is 2.57. The maximum atomic E-state index is 12.8. The second-order valence-corrected chi connectivity index (χ2v) is 9.18. The van der Waals surface area contributed by atoms with Crippen LogP contribution in [0.4, 0.5) is 0 Å². The van der Waals surface area contributed by atoms with Gasteiger partial charge in [0.25, 0.3) is 0 Å². The van der Waals surface area contributed by atoms with Crippen LogP contribution in [0.1, 0.15) is 59.9 Å². The van der Waals surface area contributed by atoms with Crippen LogP contribution >= 0.6 is 11.8 Å². The smallest absolute Gasteiger partial charge is 0.192 e. The van der Waals surface area contributed by atoms with Crippen molar-refractivity contribution in [1.29, 1.82) is 0 Å². The second-order valence-electron chi connectivity index (χ2n) is 8.24. The van der Waals surface area contributed by atoms with Crippen molar-refractivity contribution in [2.75, 3.05) is 20.0 Å². The molecule has 4 rings (SSSR count). The number of aromatic nitrogens is 4. The number of benzene rings is 1. The molecule has 0 spiro atoms. The molecule has 1 aromatic carbocycles. The van der Waals surface area contributed by atoms with Crippen LogP contribution in [0.15, 0.2) is 29.4 Å². The van der Waals surface area contributed by atoms with Crippen LogP contribution in [-0.4, -0.2) is 45.5 Å². The Morgan fingerprint density at radius 1 is 1.09 bits per heavy atom. The van der Waals surface area contributed by atoms with Crippen molar-refractivity contribution in [2.45, 2.75) is 57.1 Å². The van der Waals surface area contributed by atoms with Crippen LogP contribution < -0.4 is 9.47 Å². The molecule has 8 heteroatoms. The molecule has 0 aliphatic heterocycles. The number of Topliss-reactive ketones (excluding diaryl/α,β-unsaturated/α-hetero) is 1. The van der Waals surface area contributed by atoms with Crippen molar-refractivity contribution >= 4 is 17.5 Å². The standard InChI is InChI=1S/C24H30N4O3S/c1-15-12-19(16(2)25-15)20(29)14-32-24-27-26-23(28(24)18-8-6-5-7-9-18)17-10-11-21(30-3)22(13-17)31-4/h10-13,18,25H,5-9,14H2,1-4H3. The SMILES string of the molecule is COc1ccc(-c2nnc(SCC(=O)c3cc(C)[nH]c3C)n2C2CCCCC2)cc1OC. The number of hydrogen-bond acceptors (Lipinski definition) is 6. The Morgan fingerprint density at radius 2 is 1.84 bits per heavy atom. The van der Waals surface area contributed by atoms with Crippen LogP contribution in [-0.2, 0) is 0 Å². The van der Waals surface area contributed by atoms with Gasteiger partial charge in [-0.25, -0.2) is 0 Å². The highest BCUT2D eigenvalue weighted by Gasteiger charge is 2.25. The maximum absolute atomic E-state index is 12.8. The van der Waals surface area contributed by atoms with Crippen molar-refractivity contribution in [3.63, 3.8) is 0 Å². The van der Waals surface area contributed by atoms with Gasteiger partial charge in [-0.3, -0.25) is 9.36 Å². The second kappa shape index (κ2) is 9.81. The minimum atomic E-state index is 0.0997. The van der Waals surface area contributed by atoms with Gasteiger partial charge in [-0.15, -0.1) is 10.2 Å². The van der Waals surface area contributed by atoms with Gasteiger partial charge in [0.1, 0.15) is 0 Å². The minimum absolute atomic E-state index is 0.0997. The Hall–Kier alpha value is -2.74.